The Bertz CT molecular complexity index is 1140. The fourth-order valence-corrected chi connectivity index (χ4v) is 4.45. The molecule has 2 fully saturated rings. The van der Waals surface area contributed by atoms with Crippen LogP contribution >= 0.6 is 24.0 Å². The van der Waals surface area contributed by atoms with Gasteiger partial charge in [0.2, 0.25) is 5.82 Å². The largest absolute Gasteiger partial charge is 0.451 e. The molecule has 2 aliphatic heterocycles. The summed E-state index contributed by atoms with van der Waals surface area (Å²) in [5.74, 6) is -0.476. The van der Waals surface area contributed by atoms with Gasteiger partial charge in [0.1, 0.15) is 5.82 Å². The van der Waals surface area contributed by atoms with E-state index in [0.29, 0.717) is 54.7 Å². The van der Waals surface area contributed by atoms with Crippen molar-refractivity contribution < 1.29 is 17.9 Å². The van der Waals surface area contributed by atoms with Crippen LogP contribution in [-0.2, 0) is 10.9 Å². The molecule has 0 bridgehead atoms. The zero-order chi connectivity index (χ0) is 22.5. The minimum Gasteiger partial charge on any atom is -0.379 e. The standard InChI is InChI=1S/C21H22ClF3N6O.ClH/c1-29-7-9-30(10-8-29)18-16-19(28-20(27-18)21(23,24)25)31(13-6-11-32-12-13)17(26-16)14-4-2-3-5-15(14)22;/h2-5,13H,6-12H2,1H3;1H/t13-;/m1./s1. The average Bonchev–Trinajstić information content (AvgIpc) is 3.41. The zero-order valence-corrected chi connectivity index (χ0v) is 19.4. The molecule has 0 N–H and O–H groups in total. The van der Waals surface area contributed by atoms with Gasteiger partial charge in [0.05, 0.1) is 17.7 Å². The van der Waals surface area contributed by atoms with E-state index >= 15 is 0 Å². The molecule has 0 radical (unpaired) electrons. The van der Waals surface area contributed by atoms with E-state index in [1.807, 2.05) is 24.1 Å². The molecule has 2 aliphatic rings. The second-order valence-electron chi connectivity index (χ2n) is 8.13. The van der Waals surface area contributed by atoms with Crippen LogP contribution in [0, 0.1) is 0 Å². The highest BCUT2D eigenvalue weighted by Crippen LogP contribution is 2.38. The molecule has 5 rings (SSSR count). The number of alkyl halides is 3. The lowest BCUT2D eigenvalue weighted by molar-refractivity contribution is -0.144. The van der Waals surface area contributed by atoms with Crippen molar-refractivity contribution in [2.45, 2.75) is 18.6 Å². The fourth-order valence-electron chi connectivity index (χ4n) is 4.23. The van der Waals surface area contributed by atoms with Gasteiger partial charge < -0.3 is 19.1 Å². The lowest BCUT2D eigenvalue weighted by Gasteiger charge is -2.33. The van der Waals surface area contributed by atoms with Crippen LogP contribution in [0.1, 0.15) is 18.3 Å². The summed E-state index contributed by atoms with van der Waals surface area (Å²) in [6.45, 7) is 3.46. The van der Waals surface area contributed by atoms with Crippen molar-refractivity contribution in [2.75, 3.05) is 51.3 Å². The third-order valence-corrected chi connectivity index (χ3v) is 6.29. The van der Waals surface area contributed by atoms with Gasteiger partial charge >= 0.3 is 6.18 Å². The number of halogens is 5. The van der Waals surface area contributed by atoms with E-state index in [1.54, 1.807) is 16.7 Å². The molecular weight excluding hydrogens is 480 g/mol. The van der Waals surface area contributed by atoms with E-state index in [-0.39, 0.29) is 29.9 Å². The maximum atomic E-state index is 13.8. The van der Waals surface area contributed by atoms with Crippen molar-refractivity contribution in [1.29, 1.82) is 0 Å². The molecule has 0 spiro atoms. The molecule has 0 unspecified atom stereocenters. The number of benzene rings is 1. The average molecular weight is 503 g/mol. The summed E-state index contributed by atoms with van der Waals surface area (Å²) in [4.78, 5) is 16.7. The summed E-state index contributed by atoms with van der Waals surface area (Å²) in [6.07, 6.45) is -4.03. The van der Waals surface area contributed by atoms with E-state index in [4.69, 9.17) is 21.3 Å². The van der Waals surface area contributed by atoms with Crippen molar-refractivity contribution in [2.24, 2.45) is 0 Å². The van der Waals surface area contributed by atoms with Crippen LogP contribution in [0.3, 0.4) is 0 Å². The Morgan fingerprint density at radius 1 is 1.06 bits per heavy atom. The normalized spacial score (nSPS) is 19.8. The molecule has 4 heterocycles. The Morgan fingerprint density at radius 3 is 2.42 bits per heavy atom. The fraction of sp³-hybridized carbons (Fsp3) is 0.476. The number of likely N-dealkylation sites (N-methyl/N-ethyl adjacent to an activating group) is 1. The lowest BCUT2D eigenvalue weighted by Crippen LogP contribution is -2.45. The van der Waals surface area contributed by atoms with Crippen LogP contribution in [0.25, 0.3) is 22.6 Å². The molecule has 2 aromatic heterocycles. The first-order valence-electron chi connectivity index (χ1n) is 10.5. The Labute approximate surface area is 199 Å². The number of ether oxygens (including phenoxy) is 1. The summed E-state index contributed by atoms with van der Waals surface area (Å²) >= 11 is 6.46. The first-order chi connectivity index (χ1) is 15.3. The highest BCUT2D eigenvalue weighted by Gasteiger charge is 2.38. The topological polar surface area (TPSA) is 59.3 Å². The second kappa shape index (κ2) is 9.25. The molecule has 0 saturated carbocycles. The van der Waals surface area contributed by atoms with Crippen LogP contribution in [0.4, 0.5) is 19.0 Å². The first-order valence-corrected chi connectivity index (χ1v) is 10.8. The minimum atomic E-state index is -4.68. The molecule has 33 heavy (non-hydrogen) atoms. The van der Waals surface area contributed by atoms with Crippen molar-refractivity contribution in [3.63, 3.8) is 0 Å². The number of hydrogen-bond donors (Lipinski definition) is 0. The van der Waals surface area contributed by atoms with E-state index in [9.17, 15) is 13.2 Å². The number of rotatable bonds is 3. The Morgan fingerprint density at radius 2 is 1.79 bits per heavy atom. The molecule has 2 saturated heterocycles. The summed E-state index contributed by atoms with van der Waals surface area (Å²) in [5, 5.41) is 0.466. The zero-order valence-electron chi connectivity index (χ0n) is 17.8. The van der Waals surface area contributed by atoms with Gasteiger partial charge in [-0.25, -0.2) is 15.0 Å². The number of aromatic nitrogens is 4. The van der Waals surface area contributed by atoms with Crippen LogP contribution < -0.4 is 4.90 Å². The van der Waals surface area contributed by atoms with Crippen molar-refractivity contribution in [3.8, 4) is 11.4 Å². The predicted octanol–water partition coefficient (Wildman–Crippen LogP) is 4.30. The molecular formula is C21H23Cl2F3N6O. The van der Waals surface area contributed by atoms with E-state index < -0.39 is 12.0 Å². The number of hydrogen-bond acceptors (Lipinski definition) is 6. The maximum absolute atomic E-state index is 13.8. The highest BCUT2D eigenvalue weighted by molar-refractivity contribution is 6.33. The Balaban J connectivity index is 0.00000259. The second-order valence-corrected chi connectivity index (χ2v) is 8.54. The Kier molecular flexibility index (Phi) is 6.73. The number of fused-ring (bicyclic) bond motifs is 1. The third kappa shape index (κ3) is 4.49. The molecule has 3 aromatic rings. The van der Waals surface area contributed by atoms with E-state index in [1.165, 1.54) is 0 Å². The summed E-state index contributed by atoms with van der Waals surface area (Å²) < 4.78 is 48.7. The van der Waals surface area contributed by atoms with Gasteiger partial charge in [-0.2, -0.15) is 13.2 Å². The minimum absolute atomic E-state index is 0. The molecule has 1 atom stereocenters. The van der Waals surface area contributed by atoms with Crippen molar-refractivity contribution in [3.05, 3.63) is 35.1 Å². The van der Waals surface area contributed by atoms with Crippen molar-refractivity contribution in [1.82, 2.24) is 24.4 Å². The number of nitrogens with zero attached hydrogens (tertiary/aromatic N) is 6. The maximum Gasteiger partial charge on any atom is 0.451 e. The molecule has 12 heteroatoms. The number of imidazole rings is 1. The van der Waals surface area contributed by atoms with Crippen LogP contribution in [0.15, 0.2) is 24.3 Å². The quantitative estimate of drug-likeness (QED) is 0.532. The third-order valence-electron chi connectivity index (χ3n) is 5.96. The Hall–Kier alpha value is -2.14. The van der Waals surface area contributed by atoms with Gasteiger partial charge in [0.15, 0.2) is 17.0 Å². The molecule has 1 aromatic carbocycles. The summed E-state index contributed by atoms with van der Waals surface area (Å²) in [5.41, 5.74) is 1.15. The summed E-state index contributed by atoms with van der Waals surface area (Å²) in [7, 11) is 1.98. The van der Waals surface area contributed by atoms with Crippen LogP contribution in [-0.4, -0.2) is 70.9 Å². The van der Waals surface area contributed by atoms with Gasteiger partial charge in [-0.05, 0) is 25.6 Å². The predicted molar refractivity (Wildman–Crippen MR) is 122 cm³/mol. The molecule has 178 valence electrons. The molecule has 0 amide bonds. The van der Waals surface area contributed by atoms with Gasteiger partial charge in [-0.1, -0.05) is 23.7 Å². The molecule has 7 nitrogen and oxygen atoms in total. The van der Waals surface area contributed by atoms with Gasteiger partial charge in [-0.3, -0.25) is 0 Å². The summed E-state index contributed by atoms with van der Waals surface area (Å²) in [6, 6.07) is 6.98. The van der Waals surface area contributed by atoms with E-state index in [2.05, 4.69) is 14.9 Å². The van der Waals surface area contributed by atoms with Crippen LogP contribution in [0.2, 0.25) is 5.02 Å². The molecule has 0 aliphatic carbocycles. The van der Waals surface area contributed by atoms with Crippen molar-refractivity contribution >= 4 is 41.0 Å². The SMILES string of the molecule is CN1CCN(c2nc(C(F)(F)F)nc3c2nc(-c2ccccc2Cl)n3[C@@H]2CCOC2)CC1.Cl. The van der Waals surface area contributed by atoms with Gasteiger partial charge in [0.25, 0.3) is 0 Å². The smallest absolute Gasteiger partial charge is 0.379 e. The van der Waals surface area contributed by atoms with Crippen LogP contribution in [0.5, 0.6) is 0 Å². The monoisotopic (exact) mass is 502 g/mol. The van der Waals surface area contributed by atoms with E-state index in [0.717, 1.165) is 13.1 Å². The first kappa shape index (κ1) is 24.0. The number of piperazine rings is 1. The van der Waals surface area contributed by atoms with Gasteiger partial charge in [-0.15, -0.1) is 12.4 Å². The van der Waals surface area contributed by atoms with Gasteiger partial charge in [0, 0.05) is 38.3 Å². The number of anilines is 1. The lowest BCUT2D eigenvalue weighted by atomic mass is 10.2. The highest BCUT2D eigenvalue weighted by atomic mass is 35.5.